The molecule has 0 fully saturated rings. The van der Waals surface area contributed by atoms with Gasteiger partial charge >= 0.3 is 0 Å². The molecule has 0 aliphatic carbocycles. The first-order valence-electron chi connectivity index (χ1n) is 7.20. The van der Waals surface area contributed by atoms with Gasteiger partial charge in [0, 0.05) is 18.1 Å². The maximum atomic E-state index is 4.56. The van der Waals surface area contributed by atoms with Crippen LogP contribution >= 0.6 is 0 Å². The summed E-state index contributed by atoms with van der Waals surface area (Å²) in [5.41, 5.74) is 6.13. The van der Waals surface area contributed by atoms with Crippen molar-refractivity contribution in [2.24, 2.45) is 0 Å². The Bertz CT molecular complexity index is 864. The van der Waals surface area contributed by atoms with E-state index >= 15 is 0 Å². The van der Waals surface area contributed by atoms with Crippen LogP contribution in [0.25, 0.3) is 21.9 Å². The van der Waals surface area contributed by atoms with Crippen LogP contribution in [-0.2, 0) is 6.54 Å². The normalized spacial score (nSPS) is 11.3. The van der Waals surface area contributed by atoms with E-state index in [1.807, 2.05) is 12.3 Å². The lowest BCUT2D eigenvalue weighted by atomic mass is 10.1. The number of aryl methyl sites for hydroxylation is 1. The van der Waals surface area contributed by atoms with Gasteiger partial charge in [-0.1, -0.05) is 48.0 Å². The molecule has 4 rings (SSSR count). The molecule has 0 radical (unpaired) electrons. The molecule has 0 unspecified atom stereocenters. The molecule has 0 aliphatic rings. The molecule has 2 heteroatoms. The van der Waals surface area contributed by atoms with Crippen LogP contribution < -0.4 is 0 Å². The third-order valence-electron chi connectivity index (χ3n) is 3.99. The van der Waals surface area contributed by atoms with Gasteiger partial charge in [0.2, 0.25) is 0 Å². The monoisotopic (exact) mass is 272 g/mol. The third kappa shape index (κ3) is 2.00. The first-order valence-corrected chi connectivity index (χ1v) is 7.20. The summed E-state index contributed by atoms with van der Waals surface area (Å²) in [5.74, 6) is 0. The fourth-order valence-corrected chi connectivity index (χ4v) is 2.91. The summed E-state index contributed by atoms with van der Waals surface area (Å²) in [6, 6.07) is 21.4. The number of hydrogen-bond donors (Lipinski definition) is 0. The van der Waals surface area contributed by atoms with Crippen LogP contribution in [0.5, 0.6) is 0 Å². The van der Waals surface area contributed by atoms with Crippen molar-refractivity contribution in [3.05, 3.63) is 78.0 Å². The van der Waals surface area contributed by atoms with E-state index in [9.17, 15) is 0 Å². The SMILES string of the molecule is Cc1ccc(Cn2c3ccccc3c3ncccc32)cc1. The van der Waals surface area contributed by atoms with Gasteiger partial charge in [0.1, 0.15) is 0 Å². The first-order chi connectivity index (χ1) is 10.3. The zero-order valence-electron chi connectivity index (χ0n) is 12.0. The van der Waals surface area contributed by atoms with Crippen molar-refractivity contribution in [2.75, 3.05) is 0 Å². The minimum Gasteiger partial charge on any atom is -0.335 e. The molecule has 0 amide bonds. The van der Waals surface area contributed by atoms with Crippen molar-refractivity contribution >= 4 is 21.9 Å². The Balaban J connectivity index is 1.95. The van der Waals surface area contributed by atoms with Gasteiger partial charge in [-0.25, -0.2) is 0 Å². The van der Waals surface area contributed by atoms with Gasteiger partial charge in [0.15, 0.2) is 0 Å². The molecule has 2 nitrogen and oxygen atoms in total. The largest absolute Gasteiger partial charge is 0.335 e. The van der Waals surface area contributed by atoms with Gasteiger partial charge in [-0.3, -0.25) is 4.98 Å². The lowest BCUT2D eigenvalue weighted by molar-refractivity contribution is 0.867. The number of pyridine rings is 1. The molecule has 0 N–H and O–H groups in total. The van der Waals surface area contributed by atoms with E-state index in [1.165, 1.54) is 27.5 Å². The average Bonchev–Trinajstić information content (AvgIpc) is 2.85. The number of benzene rings is 2. The van der Waals surface area contributed by atoms with Crippen molar-refractivity contribution in [3.63, 3.8) is 0 Å². The fraction of sp³-hybridized carbons (Fsp3) is 0.105. The predicted octanol–water partition coefficient (Wildman–Crippen LogP) is 4.55. The van der Waals surface area contributed by atoms with Crippen molar-refractivity contribution in [3.8, 4) is 0 Å². The molecule has 21 heavy (non-hydrogen) atoms. The second kappa shape index (κ2) is 4.74. The van der Waals surface area contributed by atoms with Gasteiger partial charge in [0.25, 0.3) is 0 Å². The summed E-state index contributed by atoms with van der Waals surface area (Å²) < 4.78 is 2.35. The molecule has 0 saturated carbocycles. The summed E-state index contributed by atoms with van der Waals surface area (Å²) in [6.07, 6.45) is 1.87. The number of hydrogen-bond acceptors (Lipinski definition) is 1. The van der Waals surface area contributed by atoms with Crippen molar-refractivity contribution in [1.82, 2.24) is 9.55 Å². The number of fused-ring (bicyclic) bond motifs is 3. The zero-order chi connectivity index (χ0) is 14.2. The molecule has 2 aromatic carbocycles. The highest BCUT2D eigenvalue weighted by Gasteiger charge is 2.10. The fourth-order valence-electron chi connectivity index (χ4n) is 2.91. The summed E-state index contributed by atoms with van der Waals surface area (Å²) >= 11 is 0. The van der Waals surface area contributed by atoms with E-state index in [1.54, 1.807) is 0 Å². The Morgan fingerprint density at radius 2 is 1.62 bits per heavy atom. The topological polar surface area (TPSA) is 17.8 Å². The molecular weight excluding hydrogens is 256 g/mol. The Labute approximate surface area is 123 Å². The predicted molar refractivity (Wildman–Crippen MR) is 87.5 cm³/mol. The smallest absolute Gasteiger partial charge is 0.0959 e. The van der Waals surface area contributed by atoms with Gasteiger partial charge in [-0.15, -0.1) is 0 Å². The standard InChI is InChI=1S/C19H16N2/c1-14-8-10-15(11-9-14)13-21-17-6-3-2-5-16(17)19-18(21)7-4-12-20-19/h2-12H,13H2,1H3. The highest BCUT2D eigenvalue weighted by Crippen LogP contribution is 2.27. The zero-order valence-corrected chi connectivity index (χ0v) is 12.0. The molecule has 0 spiro atoms. The van der Waals surface area contributed by atoms with Crippen LogP contribution in [-0.4, -0.2) is 9.55 Å². The number of aromatic nitrogens is 2. The van der Waals surface area contributed by atoms with E-state index in [-0.39, 0.29) is 0 Å². The highest BCUT2D eigenvalue weighted by molar-refractivity contribution is 6.05. The lowest BCUT2D eigenvalue weighted by Gasteiger charge is -2.07. The van der Waals surface area contributed by atoms with Gasteiger partial charge < -0.3 is 4.57 Å². The molecule has 0 atom stereocenters. The molecular formula is C19H16N2. The third-order valence-corrected chi connectivity index (χ3v) is 3.99. The van der Waals surface area contributed by atoms with E-state index in [0.29, 0.717) is 0 Å². The number of para-hydroxylation sites is 1. The molecule has 102 valence electrons. The molecule has 2 aromatic heterocycles. The van der Waals surface area contributed by atoms with Crippen LogP contribution in [0.1, 0.15) is 11.1 Å². The molecule has 0 saturated heterocycles. The highest BCUT2D eigenvalue weighted by atomic mass is 15.0. The van der Waals surface area contributed by atoms with Crippen molar-refractivity contribution in [1.29, 1.82) is 0 Å². The second-order valence-corrected chi connectivity index (χ2v) is 5.46. The van der Waals surface area contributed by atoms with E-state index < -0.39 is 0 Å². The van der Waals surface area contributed by atoms with E-state index in [2.05, 4.69) is 71.1 Å². The van der Waals surface area contributed by atoms with E-state index in [4.69, 9.17) is 0 Å². The minimum absolute atomic E-state index is 0.871. The molecule has 0 aliphatic heterocycles. The quantitative estimate of drug-likeness (QED) is 0.523. The van der Waals surface area contributed by atoms with E-state index in [0.717, 1.165) is 12.1 Å². The van der Waals surface area contributed by atoms with Crippen LogP contribution in [0.15, 0.2) is 66.9 Å². The Morgan fingerprint density at radius 1 is 0.857 bits per heavy atom. The minimum atomic E-state index is 0.871. The van der Waals surface area contributed by atoms with Gasteiger partial charge in [-0.2, -0.15) is 0 Å². The number of rotatable bonds is 2. The second-order valence-electron chi connectivity index (χ2n) is 5.46. The molecule has 2 heterocycles. The maximum absolute atomic E-state index is 4.56. The van der Waals surface area contributed by atoms with Crippen molar-refractivity contribution in [2.45, 2.75) is 13.5 Å². The van der Waals surface area contributed by atoms with Crippen LogP contribution in [0.4, 0.5) is 0 Å². The lowest BCUT2D eigenvalue weighted by Crippen LogP contribution is -1.99. The first kappa shape index (κ1) is 12.2. The molecule has 0 bridgehead atoms. The van der Waals surface area contributed by atoms with Crippen LogP contribution in [0.2, 0.25) is 0 Å². The maximum Gasteiger partial charge on any atom is 0.0959 e. The van der Waals surface area contributed by atoms with Crippen LogP contribution in [0, 0.1) is 6.92 Å². The Hall–Kier alpha value is -2.61. The summed E-state index contributed by atoms with van der Waals surface area (Å²) in [6.45, 7) is 2.99. The Morgan fingerprint density at radius 3 is 2.48 bits per heavy atom. The van der Waals surface area contributed by atoms with Crippen LogP contribution in [0.3, 0.4) is 0 Å². The molecule has 4 aromatic rings. The summed E-state index contributed by atoms with van der Waals surface area (Å²) in [4.78, 5) is 4.56. The van der Waals surface area contributed by atoms with Crippen molar-refractivity contribution < 1.29 is 0 Å². The van der Waals surface area contributed by atoms with Gasteiger partial charge in [0.05, 0.1) is 16.6 Å². The number of nitrogens with zero attached hydrogens (tertiary/aromatic N) is 2. The average molecular weight is 272 g/mol. The summed E-state index contributed by atoms with van der Waals surface area (Å²) in [5, 5.41) is 1.22. The summed E-state index contributed by atoms with van der Waals surface area (Å²) in [7, 11) is 0. The Kier molecular flexibility index (Phi) is 2.74. The van der Waals surface area contributed by atoms with Gasteiger partial charge in [-0.05, 0) is 30.7 Å².